The lowest BCUT2D eigenvalue weighted by Crippen LogP contribution is -2.23. The van der Waals surface area contributed by atoms with Crippen LogP contribution in [0, 0.1) is 0 Å². The monoisotopic (exact) mass is 644 g/mol. The van der Waals surface area contributed by atoms with E-state index >= 15 is 0 Å². The van der Waals surface area contributed by atoms with Gasteiger partial charge in [-0.1, -0.05) is 0 Å². The van der Waals surface area contributed by atoms with Gasteiger partial charge in [-0.2, -0.15) is 8.42 Å². The van der Waals surface area contributed by atoms with E-state index in [0.29, 0.717) is 25.9 Å². The van der Waals surface area contributed by atoms with E-state index in [2.05, 4.69) is 20.5 Å². The van der Waals surface area contributed by atoms with Gasteiger partial charge in [0.15, 0.2) is 0 Å². The van der Waals surface area contributed by atoms with Crippen molar-refractivity contribution in [2.45, 2.75) is 12.8 Å². The Hall–Kier alpha value is -3.63. The lowest BCUT2D eigenvalue weighted by Gasteiger charge is -2.19. The molecule has 2 aromatic carbocycles. The van der Waals surface area contributed by atoms with Crippen molar-refractivity contribution in [1.29, 1.82) is 0 Å². The summed E-state index contributed by atoms with van der Waals surface area (Å²) in [6.45, 7) is 1.29. The van der Waals surface area contributed by atoms with E-state index in [0.717, 1.165) is 33.0 Å². The third kappa shape index (κ3) is 10.2. The number of azo groups is 2. The maximum atomic E-state index is 12.2. The summed E-state index contributed by atoms with van der Waals surface area (Å²) in [4.78, 5) is 4.04. The van der Waals surface area contributed by atoms with Gasteiger partial charge in [-0.25, -0.2) is 17.5 Å². The highest BCUT2D eigenvalue weighted by molar-refractivity contribution is 7.81. The van der Waals surface area contributed by atoms with E-state index in [-0.39, 0.29) is 13.2 Å². The SMILES string of the molecule is CN(CCCOS(=O)(=O)OCCCN(C)c1ccc(/N=N/c2scc[n+]2C)cc1)c1ccc(/N=N/c2scc[n+]2C)cc1. The normalized spacial score (nSPS) is 12.0. The third-order valence-electron chi connectivity index (χ3n) is 6.33. The van der Waals surface area contributed by atoms with E-state index < -0.39 is 10.4 Å². The average molecular weight is 645 g/mol. The number of aromatic nitrogens is 2. The molecule has 12 nitrogen and oxygen atoms in total. The van der Waals surface area contributed by atoms with Gasteiger partial charge < -0.3 is 9.80 Å². The minimum atomic E-state index is -4.06. The Morgan fingerprint density at radius 1 is 0.674 bits per heavy atom. The lowest BCUT2D eigenvalue weighted by atomic mass is 10.2. The highest BCUT2D eigenvalue weighted by Crippen LogP contribution is 2.23. The Kier molecular flexibility index (Phi) is 11.8. The molecule has 0 amide bonds. The Morgan fingerprint density at radius 3 is 1.42 bits per heavy atom. The number of hydrogen-bond acceptors (Lipinski definition) is 12. The van der Waals surface area contributed by atoms with Gasteiger partial charge in [0.25, 0.3) is 0 Å². The molecule has 2 heterocycles. The molecule has 0 bridgehead atoms. The Labute approximate surface area is 260 Å². The quantitative estimate of drug-likeness (QED) is 0.0850. The van der Waals surface area contributed by atoms with Crippen molar-refractivity contribution >= 4 is 66.1 Å². The zero-order valence-electron chi connectivity index (χ0n) is 24.6. The van der Waals surface area contributed by atoms with Gasteiger partial charge in [0.05, 0.1) is 37.5 Å². The van der Waals surface area contributed by atoms with Gasteiger partial charge in [-0.3, -0.25) is 0 Å². The van der Waals surface area contributed by atoms with Crippen LogP contribution in [0.5, 0.6) is 0 Å². The van der Waals surface area contributed by atoms with Crippen molar-refractivity contribution in [3.8, 4) is 0 Å². The second kappa shape index (κ2) is 15.7. The molecule has 0 spiro atoms. The van der Waals surface area contributed by atoms with E-state index in [1.54, 1.807) is 0 Å². The molecular weight excluding hydrogens is 609 g/mol. The van der Waals surface area contributed by atoms with Crippen LogP contribution in [-0.2, 0) is 32.9 Å². The molecule has 43 heavy (non-hydrogen) atoms. The van der Waals surface area contributed by atoms with Crippen molar-refractivity contribution in [2.75, 3.05) is 50.2 Å². The average Bonchev–Trinajstić information content (AvgIpc) is 3.62. The van der Waals surface area contributed by atoms with Crippen molar-refractivity contribution in [2.24, 2.45) is 34.6 Å². The molecule has 0 aliphatic heterocycles. The first-order chi connectivity index (χ1) is 20.7. The van der Waals surface area contributed by atoms with Crippen LogP contribution < -0.4 is 18.9 Å². The van der Waals surface area contributed by atoms with Crippen LogP contribution in [0.15, 0.2) is 92.1 Å². The van der Waals surface area contributed by atoms with Crippen LogP contribution in [0.25, 0.3) is 0 Å². The highest BCUT2D eigenvalue weighted by atomic mass is 32.3. The molecule has 0 unspecified atom stereocenters. The van der Waals surface area contributed by atoms with Crippen LogP contribution in [0.1, 0.15) is 12.8 Å². The van der Waals surface area contributed by atoms with Gasteiger partial charge in [-0.15, -0.1) is 0 Å². The molecule has 2 aromatic heterocycles. The van der Waals surface area contributed by atoms with E-state index in [1.165, 1.54) is 22.7 Å². The summed E-state index contributed by atoms with van der Waals surface area (Å²) in [5.41, 5.74) is 3.47. The zero-order chi connectivity index (χ0) is 30.7. The molecule has 4 aromatic rings. The van der Waals surface area contributed by atoms with Crippen molar-refractivity contribution in [1.82, 2.24) is 0 Å². The lowest BCUT2D eigenvalue weighted by molar-refractivity contribution is -0.654. The fraction of sp³-hybridized carbons (Fsp3) is 0.357. The standard InChI is InChI=1S/C28H36N8O4S3/c1-33(25-11-7-23(8-12-25)29-31-27-35(3)17-21-41-27)15-5-19-39-43(37,38)40-20-6-16-34(2)26-13-9-24(10-14-26)30-32-28-36(4)18-22-42-28/h7-14,17-18,21-22H,5-6,15-16,19-20H2,1-4H3/q+2. The topological polar surface area (TPSA) is 116 Å². The number of rotatable bonds is 16. The highest BCUT2D eigenvalue weighted by Gasteiger charge is 2.13. The molecule has 228 valence electrons. The van der Waals surface area contributed by atoms with Gasteiger partial charge in [-0.05, 0) is 94.3 Å². The molecule has 0 aliphatic carbocycles. The molecular formula is C28H36N8O4S3+2. The predicted molar refractivity (Wildman–Crippen MR) is 169 cm³/mol. The number of nitrogens with zero attached hydrogens (tertiary/aromatic N) is 8. The van der Waals surface area contributed by atoms with Crippen LogP contribution in [0.2, 0.25) is 0 Å². The molecule has 0 saturated heterocycles. The minimum Gasteiger partial charge on any atom is -0.375 e. The smallest absolute Gasteiger partial charge is 0.375 e. The maximum absolute atomic E-state index is 12.2. The van der Waals surface area contributed by atoms with Crippen molar-refractivity contribution in [3.05, 3.63) is 71.7 Å². The summed E-state index contributed by atoms with van der Waals surface area (Å²) in [6.07, 6.45) is 4.89. The number of benzene rings is 2. The molecule has 0 fully saturated rings. The number of thiazole rings is 2. The summed E-state index contributed by atoms with van der Waals surface area (Å²) in [5, 5.41) is 22.6. The zero-order valence-corrected chi connectivity index (χ0v) is 27.1. The Bertz CT molecular complexity index is 1490. The van der Waals surface area contributed by atoms with Crippen molar-refractivity contribution in [3.63, 3.8) is 0 Å². The van der Waals surface area contributed by atoms with Crippen LogP contribution in [0.4, 0.5) is 33.0 Å². The second-order valence-electron chi connectivity index (χ2n) is 9.63. The molecule has 0 saturated carbocycles. The summed E-state index contributed by atoms with van der Waals surface area (Å²) in [7, 11) is 3.66. The van der Waals surface area contributed by atoms with Crippen LogP contribution in [0.3, 0.4) is 0 Å². The fourth-order valence-electron chi connectivity index (χ4n) is 3.81. The minimum absolute atomic E-state index is 0.0329. The Balaban J connectivity index is 1.10. The second-order valence-corrected chi connectivity index (χ2v) is 12.7. The predicted octanol–water partition coefficient (Wildman–Crippen LogP) is 5.92. The van der Waals surface area contributed by atoms with Gasteiger partial charge in [0.2, 0.25) is 0 Å². The van der Waals surface area contributed by atoms with Crippen molar-refractivity contribution < 1.29 is 25.9 Å². The largest absolute Gasteiger partial charge is 0.408 e. The number of anilines is 2. The summed E-state index contributed by atoms with van der Waals surface area (Å²) >= 11 is 3.04. The van der Waals surface area contributed by atoms with E-state index in [9.17, 15) is 8.42 Å². The maximum Gasteiger partial charge on any atom is 0.408 e. The van der Waals surface area contributed by atoms with E-state index in [4.69, 9.17) is 8.37 Å². The van der Waals surface area contributed by atoms with Crippen LogP contribution in [-0.4, -0.2) is 48.8 Å². The third-order valence-corrected chi connectivity index (χ3v) is 8.92. The first-order valence-electron chi connectivity index (χ1n) is 13.6. The van der Waals surface area contributed by atoms with Gasteiger partial charge >= 0.3 is 20.7 Å². The van der Waals surface area contributed by atoms with E-state index in [1.807, 2.05) is 119 Å². The molecule has 0 N–H and O–H groups in total. The summed E-state index contributed by atoms with van der Waals surface area (Å²) < 4.78 is 38.2. The fourth-order valence-corrected chi connectivity index (χ4v) is 5.89. The number of aryl methyl sites for hydroxylation is 2. The molecule has 15 heteroatoms. The van der Waals surface area contributed by atoms with Gasteiger partial charge in [0.1, 0.15) is 23.8 Å². The first-order valence-corrected chi connectivity index (χ1v) is 16.7. The van der Waals surface area contributed by atoms with Crippen LogP contribution >= 0.6 is 22.7 Å². The molecule has 4 rings (SSSR count). The molecule has 0 aliphatic rings. The number of hydrogen-bond donors (Lipinski definition) is 0. The summed E-state index contributed by atoms with van der Waals surface area (Å²) in [6, 6.07) is 15.4. The summed E-state index contributed by atoms with van der Waals surface area (Å²) in [5.74, 6) is 0. The molecule has 0 atom stereocenters. The Morgan fingerprint density at radius 2 is 1.07 bits per heavy atom. The molecule has 0 radical (unpaired) electrons. The van der Waals surface area contributed by atoms with Gasteiger partial charge in [0, 0.05) is 49.3 Å². The first kappa shape index (κ1) is 32.3.